The molecule has 0 aliphatic heterocycles. The summed E-state index contributed by atoms with van der Waals surface area (Å²) in [6.45, 7) is 1.82. The van der Waals surface area contributed by atoms with Gasteiger partial charge < -0.3 is 5.73 Å². The van der Waals surface area contributed by atoms with Crippen LogP contribution in [-0.2, 0) is 0 Å². The third-order valence-corrected chi connectivity index (χ3v) is 3.41. The largest absolute Gasteiger partial charge is 0.399 e. The standard InChI is InChI=1S/C17H14FN3O/c1-11-16(12-2-6-14(19)7-3-12)10-17(22)21(20-11)15-8-4-13(18)5-9-15/h2-10H,19H2,1H3. The maximum Gasteiger partial charge on any atom is 0.272 e. The molecule has 0 aliphatic rings. The van der Waals surface area contributed by atoms with Gasteiger partial charge in [-0.3, -0.25) is 4.79 Å². The van der Waals surface area contributed by atoms with Crippen LogP contribution in [0.4, 0.5) is 10.1 Å². The molecule has 3 rings (SSSR count). The Balaban J connectivity index is 2.10. The Hall–Kier alpha value is -2.95. The van der Waals surface area contributed by atoms with Gasteiger partial charge in [-0.05, 0) is 48.9 Å². The van der Waals surface area contributed by atoms with E-state index in [1.165, 1.54) is 35.0 Å². The van der Waals surface area contributed by atoms with Crippen molar-refractivity contribution in [2.45, 2.75) is 6.92 Å². The molecule has 0 fully saturated rings. The highest BCUT2D eigenvalue weighted by Crippen LogP contribution is 2.21. The van der Waals surface area contributed by atoms with Crippen LogP contribution in [0.2, 0.25) is 0 Å². The molecule has 0 spiro atoms. The first kappa shape index (κ1) is 14.0. The van der Waals surface area contributed by atoms with Crippen LogP contribution in [0.5, 0.6) is 0 Å². The van der Waals surface area contributed by atoms with Crippen LogP contribution < -0.4 is 11.3 Å². The van der Waals surface area contributed by atoms with Crippen molar-refractivity contribution in [1.82, 2.24) is 9.78 Å². The molecule has 0 atom stereocenters. The molecule has 5 heteroatoms. The molecule has 0 amide bonds. The Morgan fingerprint density at radius 3 is 2.32 bits per heavy atom. The van der Waals surface area contributed by atoms with E-state index in [4.69, 9.17) is 5.73 Å². The first-order valence-corrected chi connectivity index (χ1v) is 6.77. The van der Waals surface area contributed by atoms with Crippen LogP contribution in [0, 0.1) is 12.7 Å². The molecule has 1 heterocycles. The van der Waals surface area contributed by atoms with E-state index in [-0.39, 0.29) is 11.4 Å². The second-order valence-corrected chi connectivity index (χ2v) is 4.99. The first-order valence-electron chi connectivity index (χ1n) is 6.77. The Bertz CT molecular complexity index is 868. The predicted molar refractivity (Wildman–Crippen MR) is 84.4 cm³/mol. The summed E-state index contributed by atoms with van der Waals surface area (Å²) in [7, 11) is 0. The summed E-state index contributed by atoms with van der Waals surface area (Å²) in [6, 6.07) is 14.4. The number of rotatable bonds is 2. The van der Waals surface area contributed by atoms with Crippen LogP contribution in [-0.4, -0.2) is 9.78 Å². The number of hydrogen-bond donors (Lipinski definition) is 1. The fourth-order valence-electron chi connectivity index (χ4n) is 2.26. The van der Waals surface area contributed by atoms with Crippen molar-refractivity contribution in [3.63, 3.8) is 0 Å². The van der Waals surface area contributed by atoms with Crippen molar-refractivity contribution < 1.29 is 4.39 Å². The quantitative estimate of drug-likeness (QED) is 0.739. The fraction of sp³-hybridized carbons (Fsp3) is 0.0588. The van der Waals surface area contributed by atoms with Gasteiger partial charge in [-0.2, -0.15) is 9.78 Å². The van der Waals surface area contributed by atoms with E-state index in [0.717, 1.165) is 11.1 Å². The van der Waals surface area contributed by atoms with Gasteiger partial charge in [0.25, 0.3) is 5.56 Å². The van der Waals surface area contributed by atoms with E-state index >= 15 is 0 Å². The minimum Gasteiger partial charge on any atom is -0.399 e. The van der Waals surface area contributed by atoms with Crippen LogP contribution >= 0.6 is 0 Å². The highest BCUT2D eigenvalue weighted by Gasteiger charge is 2.09. The summed E-state index contributed by atoms with van der Waals surface area (Å²) in [5.74, 6) is -0.355. The van der Waals surface area contributed by atoms with E-state index in [1.807, 2.05) is 19.1 Å². The Morgan fingerprint density at radius 2 is 1.68 bits per heavy atom. The third kappa shape index (κ3) is 2.61. The van der Waals surface area contributed by atoms with Crippen molar-refractivity contribution in [2.75, 3.05) is 5.73 Å². The molecule has 22 heavy (non-hydrogen) atoms. The number of nitrogens with zero attached hydrogens (tertiary/aromatic N) is 2. The number of nitrogen functional groups attached to an aromatic ring is 1. The zero-order valence-electron chi connectivity index (χ0n) is 12.0. The topological polar surface area (TPSA) is 60.9 Å². The van der Waals surface area contributed by atoms with E-state index in [9.17, 15) is 9.18 Å². The lowest BCUT2D eigenvalue weighted by molar-refractivity contribution is 0.626. The molecule has 4 nitrogen and oxygen atoms in total. The van der Waals surface area contributed by atoms with E-state index in [0.29, 0.717) is 17.1 Å². The number of halogens is 1. The van der Waals surface area contributed by atoms with Gasteiger partial charge in [-0.25, -0.2) is 4.39 Å². The zero-order valence-corrected chi connectivity index (χ0v) is 12.0. The SMILES string of the molecule is Cc1nn(-c2ccc(F)cc2)c(=O)cc1-c1ccc(N)cc1. The minimum absolute atomic E-state index is 0.274. The number of anilines is 1. The summed E-state index contributed by atoms with van der Waals surface area (Å²) in [4.78, 5) is 12.3. The molecule has 0 saturated carbocycles. The van der Waals surface area contributed by atoms with Crippen molar-refractivity contribution in [2.24, 2.45) is 0 Å². The van der Waals surface area contributed by atoms with E-state index in [1.54, 1.807) is 12.1 Å². The van der Waals surface area contributed by atoms with Gasteiger partial charge in [0.2, 0.25) is 0 Å². The number of aromatic nitrogens is 2. The van der Waals surface area contributed by atoms with Crippen LogP contribution in [0.1, 0.15) is 5.69 Å². The number of nitrogens with two attached hydrogens (primary N) is 1. The van der Waals surface area contributed by atoms with Crippen LogP contribution in [0.3, 0.4) is 0 Å². The van der Waals surface area contributed by atoms with Gasteiger partial charge in [-0.15, -0.1) is 0 Å². The molecule has 0 radical (unpaired) electrons. The molecule has 0 aliphatic carbocycles. The lowest BCUT2D eigenvalue weighted by Gasteiger charge is -2.10. The van der Waals surface area contributed by atoms with Crippen molar-refractivity contribution in [1.29, 1.82) is 0 Å². The second kappa shape index (κ2) is 5.44. The molecule has 2 N–H and O–H groups in total. The highest BCUT2D eigenvalue weighted by atomic mass is 19.1. The molecule has 1 aromatic heterocycles. The Morgan fingerprint density at radius 1 is 1.05 bits per heavy atom. The van der Waals surface area contributed by atoms with Crippen molar-refractivity contribution in [3.05, 3.63) is 76.5 Å². The predicted octanol–water partition coefficient (Wildman–Crippen LogP) is 2.93. The molecular formula is C17H14FN3O. The second-order valence-electron chi connectivity index (χ2n) is 4.99. The van der Waals surface area contributed by atoms with Gasteiger partial charge in [0.15, 0.2) is 0 Å². The molecule has 0 unspecified atom stereocenters. The number of benzene rings is 2. The third-order valence-electron chi connectivity index (χ3n) is 3.41. The van der Waals surface area contributed by atoms with Crippen molar-refractivity contribution >= 4 is 5.69 Å². The smallest absolute Gasteiger partial charge is 0.272 e. The van der Waals surface area contributed by atoms with Gasteiger partial charge >= 0.3 is 0 Å². The van der Waals surface area contributed by atoms with Gasteiger partial charge in [0.05, 0.1) is 11.4 Å². The molecular weight excluding hydrogens is 281 g/mol. The summed E-state index contributed by atoms with van der Waals surface area (Å²) in [6.07, 6.45) is 0. The zero-order chi connectivity index (χ0) is 15.7. The molecule has 2 aromatic carbocycles. The first-order chi connectivity index (χ1) is 10.5. The number of hydrogen-bond acceptors (Lipinski definition) is 3. The van der Waals surface area contributed by atoms with Crippen LogP contribution in [0.25, 0.3) is 16.8 Å². The maximum atomic E-state index is 13.0. The van der Waals surface area contributed by atoms with E-state index < -0.39 is 0 Å². The average Bonchev–Trinajstić information content (AvgIpc) is 2.51. The summed E-state index contributed by atoms with van der Waals surface area (Å²) in [5, 5.41) is 4.32. The van der Waals surface area contributed by atoms with Crippen LogP contribution in [0.15, 0.2) is 59.4 Å². The fourth-order valence-corrected chi connectivity index (χ4v) is 2.26. The van der Waals surface area contributed by atoms with Gasteiger partial charge in [0, 0.05) is 17.3 Å². The number of aryl methyl sites for hydroxylation is 1. The van der Waals surface area contributed by atoms with Gasteiger partial charge in [0.1, 0.15) is 5.82 Å². The Kier molecular flexibility index (Phi) is 3.47. The van der Waals surface area contributed by atoms with Gasteiger partial charge in [-0.1, -0.05) is 12.1 Å². The van der Waals surface area contributed by atoms with Crippen molar-refractivity contribution in [3.8, 4) is 16.8 Å². The monoisotopic (exact) mass is 295 g/mol. The average molecular weight is 295 g/mol. The lowest BCUT2D eigenvalue weighted by Crippen LogP contribution is -2.21. The summed E-state index contributed by atoms with van der Waals surface area (Å²) in [5.41, 5.74) is 8.92. The normalized spacial score (nSPS) is 10.6. The minimum atomic E-state index is -0.355. The van der Waals surface area contributed by atoms with E-state index in [2.05, 4.69) is 5.10 Å². The molecule has 110 valence electrons. The molecule has 0 bridgehead atoms. The Labute approximate surface area is 126 Å². The lowest BCUT2D eigenvalue weighted by atomic mass is 10.1. The molecule has 3 aromatic rings. The summed E-state index contributed by atoms with van der Waals surface area (Å²) >= 11 is 0. The molecule has 0 saturated heterocycles. The summed E-state index contributed by atoms with van der Waals surface area (Å²) < 4.78 is 14.2. The highest BCUT2D eigenvalue weighted by molar-refractivity contribution is 5.67. The maximum absolute atomic E-state index is 13.0.